The van der Waals surface area contributed by atoms with Gasteiger partial charge in [-0.05, 0) is 30.5 Å². The van der Waals surface area contributed by atoms with Crippen molar-refractivity contribution < 1.29 is 31.6 Å². The Morgan fingerprint density at radius 1 is 1.06 bits per heavy atom. The molecule has 2 bridgehead atoms. The van der Waals surface area contributed by atoms with Gasteiger partial charge in [-0.15, -0.1) is 4.28 Å². The normalized spacial score (nSPS) is 20.7. The summed E-state index contributed by atoms with van der Waals surface area (Å²) in [6, 6.07) is 14.7. The summed E-state index contributed by atoms with van der Waals surface area (Å²) in [5.74, 6) is -0.953. The lowest BCUT2D eigenvalue weighted by atomic mass is 9.99. The molecule has 0 saturated carbocycles. The fourth-order valence-electron chi connectivity index (χ4n) is 4.18. The molecule has 12 heteroatoms. The van der Waals surface area contributed by atoms with Gasteiger partial charge in [-0.1, -0.05) is 48.5 Å². The van der Waals surface area contributed by atoms with Crippen molar-refractivity contribution in [3.8, 4) is 0 Å². The summed E-state index contributed by atoms with van der Waals surface area (Å²) in [4.78, 5) is 40.0. The number of urea groups is 1. The third-order valence-corrected chi connectivity index (χ3v) is 6.11. The maximum absolute atomic E-state index is 13.2. The molecule has 0 aliphatic carbocycles. The topological polar surface area (TPSA) is 145 Å². The molecule has 2 fully saturated rings. The fourth-order valence-corrected chi connectivity index (χ4v) is 4.57. The molecule has 0 aromatic heterocycles. The maximum atomic E-state index is 13.2. The van der Waals surface area contributed by atoms with Crippen LogP contribution in [0, 0.1) is 0 Å². The predicted octanol–water partition coefficient (Wildman–Crippen LogP) is 1.36. The van der Waals surface area contributed by atoms with Gasteiger partial charge in [-0.2, -0.15) is 13.5 Å². The van der Waals surface area contributed by atoms with Crippen LogP contribution in [0.1, 0.15) is 18.4 Å². The largest absolute Gasteiger partial charge is 0.418 e. The van der Waals surface area contributed by atoms with Crippen molar-refractivity contribution in [2.24, 2.45) is 0 Å². The SMILES string of the molecule is O=C(Nc1ccccc1)[C@@H](Cc1ccccc1)NC(=O)[C@@H]1CC[C@H]2CN1C(=O)N2OS(=O)(=O)O. The number of carbonyl (C=O) groups excluding carboxylic acids is 3. The molecule has 0 radical (unpaired) electrons. The highest BCUT2D eigenvalue weighted by atomic mass is 32.3. The molecule has 2 aromatic rings. The number of rotatable bonds is 8. The van der Waals surface area contributed by atoms with Gasteiger partial charge in [0.2, 0.25) is 11.8 Å². The van der Waals surface area contributed by atoms with E-state index in [1.807, 2.05) is 36.4 Å². The van der Waals surface area contributed by atoms with E-state index < -0.39 is 46.4 Å². The molecule has 0 spiro atoms. The summed E-state index contributed by atoms with van der Waals surface area (Å²) in [5.41, 5.74) is 1.41. The molecule has 0 unspecified atom stereocenters. The zero-order valence-electron chi connectivity index (χ0n) is 18.0. The molecule has 180 valence electrons. The highest BCUT2D eigenvalue weighted by Crippen LogP contribution is 2.30. The van der Waals surface area contributed by atoms with Crippen LogP contribution >= 0.6 is 0 Å². The number of nitrogens with zero attached hydrogens (tertiary/aromatic N) is 2. The molecule has 4 amide bonds. The molecule has 2 saturated heterocycles. The number of hydrogen-bond acceptors (Lipinski definition) is 6. The van der Waals surface area contributed by atoms with Crippen LogP contribution in [0.15, 0.2) is 60.7 Å². The Balaban J connectivity index is 1.49. The van der Waals surface area contributed by atoms with Crippen molar-refractivity contribution in [2.75, 3.05) is 11.9 Å². The number of amides is 4. The Bertz CT molecular complexity index is 1160. The van der Waals surface area contributed by atoms with Crippen molar-refractivity contribution >= 4 is 33.9 Å². The van der Waals surface area contributed by atoms with Gasteiger partial charge < -0.3 is 15.5 Å². The fraction of sp³-hybridized carbons (Fsp3) is 0.318. The van der Waals surface area contributed by atoms with Crippen molar-refractivity contribution in [3.63, 3.8) is 0 Å². The molecule has 2 aromatic carbocycles. The van der Waals surface area contributed by atoms with Crippen molar-refractivity contribution in [2.45, 2.75) is 37.4 Å². The monoisotopic (exact) mass is 488 g/mol. The first kappa shape index (κ1) is 23.7. The first-order valence-corrected chi connectivity index (χ1v) is 12.0. The quantitative estimate of drug-likeness (QED) is 0.476. The lowest BCUT2D eigenvalue weighted by molar-refractivity contribution is -0.130. The number of piperidine rings is 1. The standard InChI is InChI=1S/C22H24N4O7S/c27-20(23-16-9-5-2-6-10-16)18(13-15-7-3-1-4-8-15)24-21(28)19-12-11-17-14-25(19)22(29)26(17)33-34(30,31)32/h1-10,17-19H,11-14H2,(H,23,27)(H,24,28)(H,30,31,32)/t17-,18+,19-/m0/s1. The van der Waals surface area contributed by atoms with Gasteiger partial charge in [0.25, 0.3) is 0 Å². The lowest BCUT2D eigenvalue weighted by Gasteiger charge is -2.30. The second-order valence-electron chi connectivity index (χ2n) is 8.12. The van der Waals surface area contributed by atoms with Gasteiger partial charge in [-0.3, -0.25) is 14.1 Å². The van der Waals surface area contributed by atoms with E-state index in [4.69, 9.17) is 4.55 Å². The van der Waals surface area contributed by atoms with E-state index >= 15 is 0 Å². The number of fused-ring (bicyclic) bond motifs is 2. The average molecular weight is 489 g/mol. The molecule has 2 aliphatic rings. The summed E-state index contributed by atoms with van der Waals surface area (Å²) in [6.07, 6.45) is 0.758. The van der Waals surface area contributed by atoms with Crippen LogP contribution in [0.2, 0.25) is 0 Å². The minimum Gasteiger partial charge on any atom is -0.342 e. The molecule has 3 atom stereocenters. The Morgan fingerprint density at radius 3 is 2.35 bits per heavy atom. The summed E-state index contributed by atoms with van der Waals surface area (Å²) in [6.45, 7) is 0.0615. The summed E-state index contributed by atoms with van der Waals surface area (Å²) < 4.78 is 35.5. The highest BCUT2D eigenvalue weighted by molar-refractivity contribution is 7.80. The van der Waals surface area contributed by atoms with Gasteiger partial charge >= 0.3 is 16.4 Å². The molecular weight excluding hydrogens is 464 g/mol. The van der Waals surface area contributed by atoms with Gasteiger partial charge in [-0.25, -0.2) is 4.79 Å². The number of para-hydroxylation sites is 1. The third-order valence-electron chi connectivity index (χ3n) is 5.76. The van der Waals surface area contributed by atoms with Crippen LogP contribution in [0.5, 0.6) is 0 Å². The van der Waals surface area contributed by atoms with Crippen LogP contribution in [-0.2, 0) is 30.7 Å². The van der Waals surface area contributed by atoms with Gasteiger partial charge in [0, 0.05) is 18.7 Å². The summed E-state index contributed by atoms with van der Waals surface area (Å²) in [7, 11) is -4.89. The van der Waals surface area contributed by atoms with Crippen LogP contribution in [-0.4, -0.2) is 65.4 Å². The number of carbonyl (C=O) groups is 3. The molecule has 11 nitrogen and oxygen atoms in total. The molecule has 2 aliphatic heterocycles. The molecule has 3 N–H and O–H groups in total. The van der Waals surface area contributed by atoms with Crippen molar-refractivity contribution in [3.05, 3.63) is 66.2 Å². The van der Waals surface area contributed by atoms with E-state index in [2.05, 4.69) is 14.9 Å². The highest BCUT2D eigenvalue weighted by Gasteiger charge is 2.49. The van der Waals surface area contributed by atoms with E-state index in [1.165, 1.54) is 4.90 Å². The first-order chi connectivity index (χ1) is 16.2. The first-order valence-electron chi connectivity index (χ1n) is 10.7. The number of hydrogen-bond donors (Lipinski definition) is 3. The minimum absolute atomic E-state index is 0.0615. The van der Waals surface area contributed by atoms with E-state index in [0.717, 1.165) is 5.56 Å². The molecular formula is C22H24N4O7S. The smallest absolute Gasteiger partial charge is 0.342 e. The van der Waals surface area contributed by atoms with E-state index in [1.54, 1.807) is 24.3 Å². The number of nitrogens with one attached hydrogen (secondary N) is 2. The van der Waals surface area contributed by atoms with E-state index in [0.29, 0.717) is 10.8 Å². The second-order valence-corrected chi connectivity index (χ2v) is 9.12. The second kappa shape index (κ2) is 9.79. The van der Waals surface area contributed by atoms with Gasteiger partial charge in [0.1, 0.15) is 12.1 Å². The molecule has 34 heavy (non-hydrogen) atoms. The molecule has 4 rings (SSSR count). The Labute approximate surface area is 196 Å². The third kappa shape index (κ3) is 5.53. The Morgan fingerprint density at radius 2 is 1.71 bits per heavy atom. The average Bonchev–Trinajstić information content (AvgIpc) is 3.03. The van der Waals surface area contributed by atoms with Crippen LogP contribution < -0.4 is 10.6 Å². The van der Waals surface area contributed by atoms with Gasteiger partial charge in [0.15, 0.2) is 0 Å². The zero-order valence-corrected chi connectivity index (χ0v) is 18.8. The molecule has 2 heterocycles. The van der Waals surface area contributed by atoms with E-state index in [-0.39, 0.29) is 25.8 Å². The number of anilines is 1. The van der Waals surface area contributed by atoms with Crippen LogP contribution in [0.3, 0.4) is 0 Å². The summed E-state index contributed by atoms with van der Waals surface area (Å²) in [5, 5.41) is 6.11. The van der Waals surface area contributed by atoms with Crippen molar-refractivity contribution in [1.82, 2.24) is 15.3 Å². The maximum Gasteiger partial charge on any atom is 0.418 e. The van der Waals surface area contributed by atoms with E-state index in [9.17, 15) is 22.8 Å². The predicted molar refractivity (Wildman–Crippen MR) is 121 cm³/mol. The summed E-state index contributed by atoms with van der Waals surface area (Å²) >= 11 is 0. The Kier molecular flexibility index (Phi) is 6.82. The van der Waals surface area contributed by atoms with Crippen molar-refractivity contribution in [1.29, 1.82) is 0 Å². The number of benzene rings is 2. The Hall–Kier alpha value is -3.48. The van der Waals surface area contributed by atoms with Crippen LogP contribution in [0.4, 0.5) is 10.5 Å². The van der Waals surface area contributed by atoms with Crippen LogP contribution in [0.25, 0.3) is 0 Å². The van der Waals surface area contributed by atoms with Gasteiger partial charge in [0.05, 0.1) is 6.04 Å². The zero-order chi connectivity index (χ0) is 24.3. The lowest BCUT2D eigenvalue weighted by Crippen LogP contribution is -2.54. The minimum atomic E-state index is -4.89. The number of hydroxylamine groups is 2.